The van der Waals surface area contributed by atoms with E-state index in [-0.39, 0.29) is 73.1 Å². The van der Waals surface area contributed by atoms with Gasteiger partial charge < -0.3 is 58.0 Å². The van der Waals surface area contributed by atoms with Crippen molar-refractivity contribution in [2.75, 3.05) is 82.9 Å². The summed E-state index contributed by atoms with van der Waals surface area (Å²) in [5, 5.41) is 23.6. The molecule has 0 spiro atoms. The second-order valence-electron chi connectivity index (χ2n) is 23.4. The van der Waals surface area contributed by atoms with Gasteiger partial charge in [-0.15, -0.1) is 0 Å². The normalized spacial score (nSPS) is 20.8. The zero-order valence-corrected chi connectivity index (χ0v) is 48.9. The topological polar surface area (TPSA) is 229 Å². The van der Waals surface area contributed by atoms with Crippen LogP contribution in [0.25, 0.3) is 33.1 Å². The number of cyclic esters (lactones) is 1. The van der Waals surface area contributed by atoms with Crippen LogP contribution in [0, 0.1) is 18.3 Å². The van der Waals surface area contributed by atoms with E-state index in [1.165, 1.54) is 33.2 Å². The number of benzene rings is 3. The molecule has 0 saturated carbocycles. The van der Waals surface area contributed by atoms with Crippen molar-refractivity contribution in [2.24, 2.45) is 0 Å². The molecule has 6 aromatic rings. The first kappa shape index (κ1) is 56.7. The molecular weight excluding hydrogens is 1080 g/mol. The highest BCUT2D eigenvalue weighted by molar-refractivity contribution is 5.97. The van der Waals surface area contributed by atoms with E-state index in [1.54, 1.807) is 40.7 Å². The van der Waals surface area contributed by atoms with Crippen molar-refractivity contribution in [3.8, 4) is 29.2 Å². The van der Waals surface area contributed by atoms with Crippen molar-refractivity contribution < 1.29 is 43.2 Å². The number of fused-ring (bicyclic) bond motifs is 7. The number of anilines is 2. The Kier molecular flexibility index (Phi) is 15.3. The Hall–Kier alpha value is -8.77. The van der Waals surface area contributed by atoms with E-state index in [0.29, 0.717) is 81.4 Å². The number of phenols is 1. The van der Waals surface area contributed by atoms with Crippen molar-refractivity contribution in [1.29, 1.82) is 5.26 Å². The Morgan fingerprint density at radius 1 is 0.906 bits per heavy atom. The molecule has 442 valence electrons. The van der Waals surface area contributed by atoms with E-state index >= 15 is 0 Å². The van der Waals surface area contributed by atoms with Gasteiger partial charge in [0.15, 0.2) is 0 Å². The van der Waals surface area contributed by atoms with Gasteiger partial charge in [0.2, 0.25) is 5.60 Å². The number of rotatable bonds is 14. The summed E-state index contributed by atoms with van der Waals surface area (Å²) in [6, 6.07) is 21.3. The number of esters is 1. The lowest BCUT2D eigenvalue weighted by Gasteiger charge is -2.42. The minimum absolute atomic E-state index is 0.0192. The molecule has 85 heavy (non-hydrogen) atoms. The summed E-state index contributed by atoms with van der Waals surface area (Å²) in [5.41, 5.74) is 5.86. The maximum atomic E-state index is 14.3. The third-order valence-corrected chi connectivity index (χ3v) is 18.4. The molecular formula is C64H71N11O10. The third kappa shape index (κ3) is 10.3. The molecule has 1 N–H and O–H groups in total. The molecule has 0 aliphatic carbocycles. The van der Waals surface area contributed by atoms with Gasteiger partial charge in [-0.3, -0.25) is 9.59 Å². The predicted molar refractivity (Wildman–Crippen MR) is 317 cm³/mol. The SMILES string of the molecule is C=C(COC(=O)N1CCC[C@H]1CN(C)C(=O)O[C@]1(CC)C(=O)OCc2c1cc1n(c2=O)Cc2c-1nc1ccc(O)cc1c2CC)C(=O)N1CCN(c2nc(OC[C@@H]3CCCN3C)nc3c2CCN(c2cccc4cccc(C)c24)C3)C[C@@H]1CC#N. The molecule has 21 heteroatoms. The summed E-state index contributed by atoms with van der Waals surface area (Å²) in [5.74, 6) is -0.384. The number of hydrogen-bond acceptors (Lipinski definition) is 17. The molecule has 3 saturated heterocycles. The zero-order chi connectivity index (χ0) is 59.4. The quantitative estimate of drug-likeness (QED) is 0.0631. The molecule has 0 bridgehead atoms. The second kappa shape index (κ2) is 23.0. The number of pyridine rings is 2. The number of likely N-dealkylation sites (tertiary alicyclic amines) is 2. The summed E-state index contributed by atoms with van der Waals surface area (Å²) >= 11 is 0. The number of nitriles is 1. The number of piperazine rings is 1. The molecule has 3 amide bonds. The second-order valence-corrected chi connectivity index (χ2v) is 23.4. The maximum Gasteiger partial charge on any atom is 0.411 e. The summed E-state index contributed by atoms with van der Waals surface area (Å²) in [7, 11) is 3.62. The highest BCUT2D eigenvalue weighted by Gasteiger charge is 2.51. The van der Waals surface area contributed by atoms with Crippen molar-refractivity contribution >= 4 is 57.2 Å². The van der Waals surface area contributed by atoms with Crippen LogP contribution in [0.1, 0.15) is 91.4 Å². The number of nitrogens with zero attached hydrogens (tertiary/aromatic N) is 11. The van der Waals surface area contributed by atoms with Crippen LogP contribution in [-0.4, -0.2) is 160 Å². The fourth-order valence-corrected chi connectivity index (χ4v) is 13.7. The van der Waals surface area contributed by atoms with Gasteiger partial charge in [0.1, 0.15) is 31.4 Å². The average molecular weight is 1150 g/mol. The van der Waals surface area contributed by atoms with Crippen molar-refractivity contribution in [1.82, 2.24) is 39.1 Å². The fraction of sp³-hybridized carbons (Fsp3) is 0.453. The molecule has 4 atom stereocenters. The number of carbonyl (C=O) groups excluding carboxylic acids is 4. The Balaban J connectivity index is 0.702. The van der Waals surface area contributed by atoms with E-state index in [1.807, 2.05) is 6.92 Å². The Bertz CT molecular complexity index is 3820. The van der Waals surface area contributed by atoms with Gasteiger partial charge in [0.25, 0.3) is 11.5 Å². The van der Waals surface area contributed by atoms with Gasteiger partial charge in [0.05, 0.1) is 65.8 Å². The molecule has 6 aliphatic heterocycles. The number of hydrogen-bond donors (Lipinski definition) is 1. The number of ether oxygens (including phenoxy) is 4. The van der Waals surface area contributed by atoms with E-state index in [2.05, 4.69) is 77.7 Å². The molecule has 9 heterocycles. The van der Waals surface area contributed by atoms with E-state index in [0.717, 1.165) is 65.2 Å². The number of amides is 3. The summed E-state index contributed by atoms with van der Waals surface area (Å²) in [6.07, 6.45) is 3.03. The van der Waals surface area contributed by atoms with Crippen LogP contribution in [-0.2, 0) is 61.9 Å². The van der Waals surface area contributed by atoms with E-state index < -0.39 is 48.4 Å². The maximum absolute atomic E-state index is 14.3. The number of aromatic hydroxyl groups is 1. The summed E-state index contributed by atoms with van der Waals surface area (Å²) in [4.78, 5) is 97.0. The van der Waals surface area contributed by atoms with Gasteiger partial charge in [-0.25, -0.2) is 19.4 Å². The predicted octanol–water partition coefficient (Wildman–Crippen LogP) is 7.50. The highest BCUT2D eigenvalue weighted by Crippen LogP contribution is 2.43. The first-order chi connectivity index (χ1) is 41.1. The highest BCUT2D eigenvalue weighted by atomic mass is 16.6. The Morgan fingerprint density at radius 2 is 1.71 bits per heavy atom. The smallest absolute Gasteiger partial charge is 0.411 e. The molecule has 0 unspecified atom stereocenters. The van der Waals surface area contributed by atoms with Crippen LogP contribution < -0.4 is 20.1 Å². The summed E-state index contributed by atoms with van der Waals surface area (Å²) in [6.45, 7) is 13.5. The molecule has 12 rings (SSSR count). The van der Waals surface area contributed by atoms with Crippen LogP contribution in [0.2, 0.25) is 0 Å². The lowest BCUT2D eigenvalue weighted by Crippen LogP contribution is -2.56. The van der Waals surface area contributed by atoms with Crippen LogP contribution in [0.4, 0.5) is 21.1 Å². The van der Waals surface area contributed by atoms with Gasteiger partial charge in [-0.2, -0.15) is 15.2 Å². The first-order valence-corrected chi connectivity index (χ1v) is 29.6. The van der Waals surface area contributed by atoms with Crippen molar-refractivity contribution in [2.45, 2.75) is 116 Å². The van der Waals surface area contributed by atoms with Crippen LogP contribution in [0.3, 0.4) is 0 Å². The van der Waals surface area contributed by atoms with Gasteiger partial charge in [-0.1, -0.05) is 50.8 Å². The van der Waals surface area contributed by atoms with Crippen LogP contribution >= 0.6 is 0 Å². The monoisotopic (exact) mass is 1150 g/mol. The third-order valence-electron chi connectivity index (χ3n) is 18.4. The summed E-state index contributed by atoms with van der Waals surface area (Å²) < 4.78 is 25.6. The van der Waals surface area contributed by atoms with E-state index in [4.69, 9.17) is 33.9 Å². The Morgan fingerprint density at radius 3 is 2.48 bits per heavy atom. The van der Waals surface area contributed by atoms with Crippen LogP contribution in [0.15, 0.2) is 77.6 Å². The standard InChI is InChI=1S/C64H71N11O10/c1-7-45-47-29-44(76)19-20-51(47)66-56-48(45)33-75-54(56)30-50-49(59(75)78)37-82-60(79)64(50,8-2)85-62(80)70(6)31-41-16-12-25-74(41)63(81)84-35-39(4)58(77)73-28-27-72(32-42(73)21-23-65)57-46-22-26-71(53-18-10-15-40-14-9-13-38(3)55(40)53)34-52(46)67-61(68-57)83-36-43-17-11-24-69(43)5/h9-10,13-15,18-20,29-30,41-43,76H,4,7-8,11-12,16-17,21-22,24-28,31-37H2,1-3,5-6H3/t41-,42-,43-,64-/m0/s1. The number of carbonyl (C=O) groups is 4. The van der Waals surface area contributed by atoms with Gasteiger partial charge in [-0.05, 0) is 112 Å². The fourth-order valence-electron chi connectivity index (χ4n) is 13.7. The lowest BCUT2D eigenvalue weighted by molar-refractivity contribution is -0.173. The molecule has 21 nitrogen and oxygen atoms in total. The molecule has 3 aromatic carbocycles. The van der Waals surface area contributed by atoms with Crippen molar-refractivity contribution in [3.05, 3.63) is 122 Å². The minimum Gasteiger partial charge on any atom is -0.508 e. The molecule has 0 radical (unpaired) electrons. The molecule has 3 fully saturated rings. The van der Waals surface area contributed by atoms with Gasteiger partial charge in [0, 0.05) is 91.1 Å². The number of likely N-dealkylation sites (N-methyl/N-ethyl adjacent to an activating group) is 2. The average Bonchev–Trinajstić information content (AvgIpc) is 2.11. The first-order valence-electron chi connectivity index (χ1n) is 29.6. The van der Waals surface area contributed by atoms with Crippen molar-refractivity contribution in [3.63, 3.8) is 0 Å². The number of aryl methyl sites for hydroxylation is 2. The van der Waals surface area contributed by atoms with E-state index in [9.17, 15) is 34.3 Å². The zero-order valence-electron chi connectivity index (χ0n) is 48.9. The lowest BCUT2D eigenvalue weighted by atomic mass is 9.85. The largest absolute Gasteiger partial charge is 0.508 e. The number of phenolic OH excluding ortho intramolecular Hbond substituents is 1. The minimum atomic E-state index is -1.96. The number of aromatic nitrogens is 4. The molecule has 3 aromatic heterocycles. The van der Waals surface area contributed by atoms with Gasteiger partial charge >= 0.3 is 24.2 Å². The van der Waals surface area contributed by atoms with Crippen LogP contribution in [0.5, 0.6) is 11.8 Å². The Labute approximate surface area is 492 Å². The molecule has 6 aliphatic rings.